The molecule has 1 atom stereocenters. The van der Waals surface area contributed by atoms with Crippen molar-refractivity contribution < 1.29 is 8.78 Å². The van der Waals surface area contributed by atoms with Gasteiger partial charge in [0.1, 0.15) is 18.2 Å². The van der Waals surface area contributed by atoms with Gasteiger partial charge in [0.05, 0.1) is 12.2 Å². The Hall–Kier alpha value is -3.87. The molecule has 1 aliphatic heterocycles. The molecule has 0 saturated heterocycles. The molecule has 7 heteroatoms. The number of halogens is 2. The van der Waals surface area contributed by atoms with Gasteiger partial charge in [-0.25, -0.2) is 8.78 Å². The summed E-state index contributed by atoms with van der Waals surface area (Å²) < 4.78 is 28.6. The molecular weight excluding hydrogens is 420 g/mol. The maximum atomic E-state index is 14.8. The first kappa shape index (κ1) is 23.8. The minimum atomic E-state index is -0.604. The van der Waals surface area contributed by atoms with Crippen molar-refractivity contribution in [3.05, 3.63) is 108 Å². The lowest BCUT2D eigenvalue weighted by Gasteiger charge is -2.33. The van der Waals surface area contributed by atoms with E-state index in [1.54, 1.807) is 30.6 Å². The largest absolute Gasteiger partial charge is 0.366 e. The molecule has 0 bridgehead atoms. The molecule has 0 saturated carbocycles. The van der Waals surface area contributed by atoms with Gasteiger partial charge in [-0.05, 0) is 61.5 Å². The van der Waals surface area contributed by atoms with Gasteiger partial charge in [-0.2, -0.15) is 0 Å². The van der Waals surface area contributed by atoms with E-state index < -0.39 is 5.83 Å². The van der Waals surface area contributed by atoms with Crippen LogP contribution in [0.2, 0.25) is 0 Å². The number of hydrogen-bond acceptors (Lipinski definition) is 5. The van der Waals surface area contributed by atoms with Gasteiger partial charge in [0.25, 0.3) is 0 Å². The van der Waals surface area contributed by atoms with E-state index >= 15 is 0 Å². The summed E-state index contributed by atoms with van der Waals surface area (Å²) in [6.45, 7) is 11.6. The topological polar surface area (TPSA) is 52.9 Å². The third-order valence-corrected chi connectivity index (χ3v) is 5.26. The lowest BCUT2D eigenvalue weighted by Crippen LogP contribution is -2.24. The molecule has 1 aromatic carbocycles. The van der Waals surface area contributed by atoms with Gasteiger partial charge in [0.2, 0.25) is 0 Å². The number of aliphatic imine (C=N–C) groups is 2. The first-order chi connectivity index (χ1) is 15.9. The van der Waals surface area contributed by atoms with Gasteiger partial charge in [0.15, 0.2) is 5.83 Å². The van der Waals surface area contributed by atoms with Crippen LogP contribution < -0.4 is 5.32 Å². The maximum absolute atomic E-state index is 14.8. The average molecular weight is 448 g/mol. The van der Waals surface area contributed by atoms with Gasteiger partial charge >= 0.3 is 0 Å². The number of nitrogens with one attached hydrogen (secondary N) is 1. The summed E-state index contributed by atoms with van der Waals surface area (Å²) >= 11 is 0. The Labute approximate surface area is 193 Å². The number of rotatable bonds is 9. The molecule has 0 aliphatic carbocycles. The van der Waals surface area contributed by atoms with E-state index in [4.69, 9.17) is 0 Å². The molecule has 0 amide bonds. The maximum Gasteiger partial charge on any atom is 0.167 e. The van der Waals surface area contributed by atoms with Crippen LogP contribution in [0.3, 0.4) is 0 Å². The molecule has 1 N–H and O–H groups in total. The molecular formula is C26H27F2N5. The molecule has 2 aromatic rings. The van der Waals surface area contributed by atoms with Crippen molar-refractivity contribution in [3.8, 4) is 0 Å². The molecule has 3 rings (SSSR count). The zero-order valence-corrected chi connectivity index (χ0v) is 18.8. The molecule has 33 heavy (non-hydrogen) atoms. The van der Waals surface area contributed by atoms with E-state index in [0.29, 0.717) is 11.3 Å². The van der Waals surface area contributed by atoms with Crippen LogP contribution in [-0.2, 0) is 0 Å². The van der Waals surface area contributed by atoms with E-state index in [2.05, 4.69) is 33.6 Å². The highest BCUT2D eigenvalue weighted by molar-refractivity contribution is 6.13. The zero-order chi connectivity index (χ0) is 23.8. The van der Waals surface area contributed by atoms with E-state index in [9.17, 15) is 8.78 Å². The summed E-state index contributed by atoms with van der Waals surface area (Å²) in [5, 5.41) is 3.17. The van der Waals surface area contributed by atoms with Crippen LogP contribution >= 0.6 is 0 Å². The second kappa shape index (κ2) is 11.1. The minimum Gasteiger partial charge on any atom is -0.366 e. The molecule has 170 valence electrons. The number of aromatic nitrogens is 1. The number of nitrogens with zero attached hydrogens (tertiary/aromatic N) is 4. The van der Waals surface area contributed by atoms with Crippen molar-refractivity contribution in [2.45, 2.75) is 26.3 Å². The van der Waals surface area contributed by atoms with Gasteiger partial charge < -0.3 is 10.2 Å². The Morgan fingerprint density at radius 1 is 1.33 bits per heavy atom. The highest BCUT2D eigenvalue weighted by atomic mass is 19.1. The molecule has 1 unspecified atom stereocenters. The minimum absolute atomic E-state index is 0.103. The fraction of sp³-hybridized carbons (Fsp3) is 0.192. The van der Waals surface area contributed by atoms with E-state index in [1.807, 2.05) is 37.1 Å². The van der Waals surface area contributed by atoms with E-state index in [-0.39, 0.29) is 24.2 Å². The van der Waals surface area contributed by atoms with Gasteiger partial charge in [-0.1, -0.05) is 25.6 Å². The van der Waals surface area contributed by atoms with Gasteiger partial charge in [-0.3, -0.25) is 15.0 Å². The normalized spacial score (nSPS) is 15.3. The molecule has 0 fully saturated rings. The number of hydrogen-bond donors (Lipinski definition) is 1. The van der Waals surface area contributed by atoms with E-state index in [1.165, 1.54) is 12.1 Å². The standard InChI is InChI=1S/C26H27F2N5/c1-5-25(20-7-6-8-22(27)14-20)33-12-10-21(13-19(33)3)26(23(28)16-29-4)32-17-31-24-9-11-30-15-18(24)2/h6-16,25H,3-5,17H2,1-2H3,(H,30,31)/b23-16+,32-26?. The summed E-state index contributed by atoms with van der Waals surface area (Å²) in [5.74, 6) is -0.892. The Morgan fingerprint density at radius 3 is 2.82 bits per heavy atom. The summed E-state index contributed by atoms with van der Waals surface area (Å²) in [5.41, 5.74) is 4.00. The summed E-state index contributed by atoms with van der Waals surface area (Å²) in [6, 6.07) is 8.24. The summed E-state index contributed by atoms with van der Waals surface area (Å²) in [6.07, 6.45) is 10.5. The van der Waals surface area contributed by atoms with Crippen molar-refractivity contribution in [2.75, 3.05) is 12.0 Å². The number of benzene rings is 1. The SMILES string of the molecule is C=N/C=C(/F)C(=NCNc1ccncc1C)C1=CC(=C)N(C(CC)c2cccc(F)c2)C=C1. The Kier molecular flexibility index (Phi) is 8.02. The molecule has 5 nitrogen and oxygen atoms in total. The predicted molar refractivity (Wildman–Crippen MR) is 131 cm³/mol. The highest BCUT2D eigenvalue weighted by Crippen LogP contribution is 2.32. The number of aryl methyl sites for hydroxylation is 1. The third kappa shape index (κ3) is 5.88. The summed E-state index contributed by atoms with van der Waals surface area (Å²) in [4.78, 5) is 14.0. The van der Waals surface area contributed by atoms with Gasteiger partial charge in [0, 0.05) is 35.6 Å². The van der Waals surface area contributed by atoms with Crippen LogP contribution in [0.15, 0.2) is 101 Å². The monoisotopic (exact) mass is 447 g/mol. The number of allylic oxidation sites excluding steroid dienone is 4. The van der Waals surface area contributed by atoms with Crippen molar-refractivity contribution in [3.63, 3.8) is 0 Å². The fourth-order valence-corrected chi connectivity index (χ4v) is 3.64. The number of pyridine rings is 1. The molecule has 0 spiro atoms. The van der Waals surface area contributed by atoms with Crippen LogP contribution in [0.5, 0.6) is 0 Å². The lowest BCUT2D eigenvalue weighted by atomic mass is 9.99. The van der Waals surface area contributed by atoms with Crippen LogP contribution in [0.4, 0.5) is 14.5 Å². The Bertz CT molecular complexity index is 1150. The van der Waals surface area contributed by atoms with E-state index in [0.717, 1.165) is 29.4 Å². The van der Waals surface area contributed by atoms with Crippen LogP contribution in [0.25, 0.3) is 0 Å². The second-order valence-corrected chi connectivity index (χ2v) is 7.48. The predicted octanol–water partition coefficient (Wildman–Crippen LogP) is 6.27. The smallest absolute Gasteiger partial charge is 0.167 e. The Balaban J connectivity index is 1.84. The third-order valence-electron chi connectivity index (χ3n) is 5.26. The zero-order valence-electron chi connectivity index (χ0n) is 18.8. The van der Waals surface area contributed by atoms with Crippen molar-refractivity contribution in [1.82, 2.24) is 9.88 Å². The van der Waals surface area contributed by atoms with Crippen molar-refractivity contribution >= 4 is 18.1 Å². The quantitative estimate of drug-likeness (QED) is 0.461. The van der Waals surface area contributed by atoms with Crippen LogP contribution in [0.1, 0.15) is 30.5 Å². The first-order valence-corrected chi connectivity index (χ1v) is 10.6. The number of anilines is 1. The second-order valence-electron chi connectivity index (χ2n) is 7.48. The molecule has 1 aromatic heterocycles. The molecule has 2 heterocycles. The highest BCUT2D eigenvalue weighted by Gasteiger charge is 2.22. The molecule has 0 radical (unpaired) electrons. The molecule has 1 aliphatic rings. The lowest BCUT2D eigenvalue weighted by molar-refractivity contribution is 0.343. The Morgan fingerprint density at radius 2 is 2.15 bits per heavy atom. The summed E-state index contributed by atoms with van der Waals surface area (Å²) in [7, 11) is 0. The van der Waals surface area contributed by atoms with Gasteiger partial charge in [-0.15, -0.1) is 0 Å². The van der Waals surface area contributed by atoms with Crippen LogP contribution in [-0.4, -0.2) is 29.0 Å². The fourth-order valence-electron chi connectivity index (χ4n) is 3.64. The average Bonchev–Trinajstić information content (AvgIpc) is 2.79. The van der Waals surface area contributed by atoms with Crippen LogP contribution in [0, 0.1) is 12.7 Å². The van der Waals surface area contributed by atoms with Crippen molar-refractivity contribution in [2.24, 2.45) is 9.98 Å². The first-order valence-electron chi connectivity index (χ1n) is 10.6. The van der Waals surface area contributed by atoms with Crippen molar-refractivity contribution in [1.29, 1.82) is 0 Å².